The van der Waals surface area contributed by atoms with Gasteiger partial charge >= 0.3 is 0 Å². The van der Waals surface area contributed by atoms with Crippen molar-refractivity contribution in [3.8, 4) is 0 Å². The van der Waals surface area contributed by atoms with Gasteiger partial charge in [-0.05, 0) is 53.6 Å². The summed E-state index contributed by atoms with van der Waals surface area (Å²) in [4.78, 5) is 38.8. The molecular formula is C25H18Cl3N3O3. The van der Waals surface area contributed by atoms with Gasteiger partial charge < -0.3 is 10.6 Å². The minimum Gasteiger partial charge on any atom is -0.375 e. The number of amides is 3. The van der Waals surface area contributed by atoms with E-state index in [2.05, 4.69) is 10.6 Å². The molecule has 4 rings (SSSR count). The summed E-state index contributed by atoms with van der Waals surface area (Å²) >= 11 is 18.0. The zero-order valence-corrected chi connectivity index (χ0v) is 19.9. The Morgan fingerprint density at radius 3 is 2.15 bits per heavy atom. The molecule has 3 amide bonds. The van der Waals surface area contributed by atoms with E-state index in [1.807, 2.05) is 0 Å². The minimum atomic E-state index is -0.558. The van der Waals surface area contributed by atoms with E-state index in [4.69, 9.17) is 34.8 Å². The minimum absolute atomic E-state index is 0.0448. The molecule has 0 spiro atoms. The van der Waals surface area contributed by atoms with E-state index >= 15 is 0 Å². The molecule has 0 aromatic heterocycles. The predicted octanol–water partition coefficient (Wildman–Crippen LogP) is 5.35. The fourth-order valence-corrected chi connectivity index (χ4v) is 3.92. The van der Waals surface area contributed by atoms with E-state index in [9.17, 15) is 14.4 Å². The number of hydrogen-bond acceptors (Lipinski definition) is 4. The Kier molecular flexibility index (Phi) is 7.22. The molecule has 0 fully saturated rings. The second kappa shape index (κ2) is 10.3. The average molecular weight is 515 g/mol. The summed E-state index contributed by atoms with van der Waals surface area (Å²) in [6, 6.07) is 20.6. The van der Waals surface area contributed by atoms with Crippen LogP contribution < -0.4 is 10.6 Å². The quantitative estimate of drug-likeness (QED) is 0.416. The first kappa shape index (κ1) is 23.8. The highest BCUT2D eigenvalue weighted by atomic mass is 35.5. The number of hydrogen-bond donors (Lipinski definition) is 2. The van der Waals surface area contributed by atoms with Crippen molar-refractivity contribution in [2.24, 2.45) is 0 Å². The van der Waals surface area contributed by atoms with Crippen LogP contribution in [0.3, 0.4) is 0 Å². The zero-order valence-electron chi connectivity index (χ0n) is 17.6. The maximum atomic E-state index is 12.8. The highest BCUT2D eigenvalue weighted by molar-refractivity contribution is 6.47. The summed E-state index contributed by atoms with van der Waals surface area (Å²) in [5.74, 6) is -1.33. The normalized spacial score (nSPS) is 13.4. The molecule has 0 aliphatic carbocycles. The molecule has 172 valence electrons. The Labute approximate surface area is 211 Å². The predicted molar refractivity (Wildman–Crippen MR) is 133 cm³/mol. The van der Waals surface area contributed by atoms with Crippen LogP contribution in [-0.4, -0.2) is 22.6 Å². The Hall–Kier alpha value is -3.32. The number of nitrogens with zero attached hydrogens (tertiary/aromatic N) is 1. The number of rotatable bonds is 7. The Morgan fingerprint density at radius 1 is 0.794 bits per heavy atom. The molecule has 6 nitrogen and oxygen atoms in total. The molecule has 1 heterocycles. The van der Waals surface area contributed by atoms with Crippen LogP contribution in [-0.2, 0) is 22.7 Å². The van der Waals surface area contributed by atoms with Crippen molar-refractivity contribution in [1.82, 2.24) is 10.2 Å². The molecule has 0 atom stereocenters. The maximum absolute atomic E-state index is 12.8. The highest BCUT2D eigenvalue weighted by Gasteiger charge is 2.37. The summed E-state index contributed by atoms with van der Waals surface area (Å²) in [6.45, 7) is 0.336. The van der Waals surface area contributed by atoms with Crippen LogP contribution in [0.2, 0.25) is 10.0 Å². The summed E-state index contributed by atoms with van der Waals surface area (Å²) in [6.07, 6.45) is 0. The number of carbonyl (C=O) groups excluding carboxylic acids is 3. The van der Waals surface area contributed by atoms with Gasteiger partial charge in [0.1, 0.15) is 10.7 Å². The van der Waals surface area contributed by atoms with E-state index in [1.54, 1.807) is 72.8 Å². The number of anilines is 1. The Morgan fingerprint density at radius 2 is 1.47 bits per heavy atom. The van der Waals surface area contributed by atoms with E-state index in [0.29, 0.717) is 21.3 Å². The standard InChI is InChI=1S/C25H18Cl3N3O3/c26-18-10-6-16(7-11-18)14-31-24(33)21(28)22(25(31)34)29-13-15-4-8-17(9-5-15)23(32)30-20-3-1-2-19(27)12-20/h1-12,29H,13-14H2,(H,30,32). The fourth-order valence-electron chi connectivity index (χ4n) is 3.35. The van der Waals surface area contributed by atoms with Gasteiger partial charge in [0.25, 0.3) is 17.7 Å². The molecule has 1 aliphatic heterocycles. The molecule has 0 unspecified atom stereocenters. The van der Waals surface area contributed by atoms with Crippen molar-refractivity contribution in [2.75, 3.05) is 5.32 Å². The molecule has 9 heteroatoms. The third-order valence-corrected chi connectivity index (χ3v) is 5.97. The molecular weight excluding hydrogens is 497 g/mol. The lowest BCUT2D eigenvalue weighted by molar-refractivity contribution is -0.138. The van der Waals surface area contributed by atoms with Gasteiger partial charge in [-0.2, -0.15) is 0 Å². The largest absolute Gasteiger partial charge is 0.375 e. The Balaban J connectivity index is 1.37. The first-order valence-corrected chi connectivity index (χ1v) is 11.4. The van der Waals surface area contributed by atoms with E-state index in [-0.39, 0.29) is 29.7 Å². The first-order valence-electron chi connectivity index (χ1n) is 10.2. The van der Waals surface area contributed by atoms with Gasteiger partial charge in [-0.3, -0.25) is 19.3 Å². The average Bonchev–Trinajstić information content (AvgIpc) is 3.02. The molecule has 34 heavy (non-hydrogen) atoms. The lowest BCUT2D eigenvalue weighted by Gasteiger charge is -2.15. The second-order valence-corrected chi connectivity index (χ2v) is 8.78. The number of benzene rings is 3. The summed E-state index contributed by atoms with van der Waals surface area (Å²) in [5, 5.41) is 6.66. The van der Waals surface area contributed by atoms with Gasteiger partial charge in [-0.15, -0.1) is 0 Å². The van der Waals surface area contributed by atoms with Gasteiger partial charge in [-0.25, -0.2) is 0 Å². The smallest absolute Gasteiger partial charge is 0.278 e. The SMILES string of the molecule is O=C(Nc1cccc(Cl)c1)c1ccc(CNC2=C(Cl)C(=O)N(Cc3ccc(Cl)cc3)C2=O)cc1. The van der Waals surface area contributed by atoms with Crippen molar-refractivity contribution in [3.05, 3.63) is 110 Å². The third-order valence-electron chi connectivity index (χ3n) is 5.13. The number of carbonyl (C=O) groups is 3. The van der Waals surface area contributed by atoms with Gasteiger partial charge in [0.05, 0.1) is 6.54 Å². The van der Waals surface area contributed by atoms with Crippen LogP contribution in [0.1, 0.15) is 21.5 Å². The van der Waals surface area contributed by atoms with Crippen LogP contribution in [0.25, 0.3) is 0 Å². The Bertz CT molecular complexity index is 1290. The summed E-state index contributed by atoms with van der Waals surface area (Å²) in [7, 11) is 0. The molecule has 0 saturated heterocycles. The van der Waals surface area contributed by atoms with E-state index in [1.165, 1.54) is 0 Å². The third kappa shape index (κ3) is 5.42. The van der Waals surface area contributed by atoms with Crippen molar-refractivity contribution in [3.63, 3.8) is 0 Å². The highest BCUT2D eigenvalue weighted by Crippen LogP contribution is 2.25. The molecule has 0 bridgehead atoms. The molecule has 3 aromatic carbocycles. The maximum Gasteiger partial charge on any atom is 0.278 e. The van der Waals surface area contributed by atoms with Crippen molar-refractivity contribution in [2.45, 2.75) is 13.1 Å². The molecule has 0 saturated carbocycles. The van der Waals surface area contributed by atoms with Crippen molar-refractivity contribution in [1.29, 1.82) is 0 Å². The second-order valence-electron chi connectivity index (χ2n) is 7.53. The molecule has 0 radical (unpaired) electrons. The van der Waals surface area contributed by atoms with Gasteiger partial charge in [0, 0.05) is 27.8 Å². The van der Waals surface area contributed by atoms with Crippen LogP contribution in [0.5, 0.6) is 0 Å². The van der Waals surface area contributed by atoms with Gasteiger partial charge in [0.2, 0.25) is 0 Å². The van der Waals surface area contributed by atoms with Crippen LogP contribution in [0, 0.1) is 0 Å². The monoisotopic (exact) mass is 513 g/mol. The van der Waals surface area contributed by atoms with Crippen LogP contribution in [0.15, 0.2) is 83.5 Å². The first-order chi connectivity index (χ1) is 16.3. The van der Waals surface area contributed by atoms with Crippen molar-refractivity contribution >= 4 is 58.2 Å². The van der Waals surface area contributed by atoms with E-state index in [0.717, 1.165) is 16.0 Å². The topological polar surface area (TPSA) is 78.5 Å². The molecule has 2 N–H and O–H groups in total. The van der Waals surface area contributed by atoms with Gasteiger partial charge in [0.15, 0.2) is 0 Å². The lowest BCUT2D eigenvalue weighted by atomic mass is 10.1. The number of halogens is 3. The number of imide groups is 1. The molecule has 1 aliphatic rings. The van der Waals surface area contributed by atoms with Gasteiger partial charge in [-0.1, -0.05) is 65.1 Å². The van der Waals surface area contributed by atoms with Crippen LogP contribution in [0.4, 0.5) is 5.69 Å². The van der Waals surface area contributed by atoms with E-state index < -0.39 is 11.8 Å². The lowest BCUT2D eigenvalue weighted by Crippen LogP contribution is -2.33. The molecule has 3 aromatic rings. The summed E-state index contributed by atoms with van der Waals surface area (Å²) in [5.41, 5.74) is 2.65. The number of nitrogens with one attached hydrogen (secondary N) is 2. The van der Waals surface area contributed by atoms with Crippen molar-refractivity contribution < 1.29 is 14.4 Å². The van der Waals surface area contributed by atoms with Crippen LogP contribution >= 0.6 is 34.8 Å². The zero-order chi connectivity index (χ0) is 24.2. The summed E-state index contributed by atoms with van der Waals surface area (Å²) < 4.78 is 0. The fraction of sp³-hybridized carbons (Fsp3) is 0.0800.